The van der Waals surface area contributed by atoms with Crippen molar-refractivity contribution in [2.45, 2.75) is 13.3 Å². The van der Waals surface area contributed by atoms with Crippen LogP contribution in [0.3, 0.4) is 0 Å². The number of rotatable bonds is 3. The van der Waals surface area contributed by atoms with Gasteiger partial charge in [-0.05, 0) is 36.1 Å². The molecule has 4 aromatic rings. The molecule has 0 aliphatic carbocycles. The van der Waals surface area contributed by atoms with E-state index in [0.717, 1.165) is 28.8 Å². The van der Waals surface area contributed by atoms with E-state index in [1.165, 1.54) is 6.07 Å². The minimum absolute atomic E-state index is 0.0620. The topological polar surface area (TPSA) is 55.1 Å². The Balaban J connectivity index is 2.10. The smallest absolute Gasteiger partial charge is 0.263 e. The van der Waals surface area contributed by atoms with Crippen LogP contribution in [0, 0.1) is 0 Å². The summed E-state index contributed by atoms with van der Waals surface area (Å²) >= 11 is 0. The molecule has 4 nitrogen and oxygen atoms in total. The second-order valence-corrected chi connectivity index (χ2v) is 6.12. The summed E-state index contributed by atoms with van der Waals surface area (Å²) in [6.07, 6.45) is 0.745. The molecule has 0 radical (unpaired) electrons. The number of nitrogens with zero attached hydrogens (tertiary/aromatic N) is 2. The number of fused-ring (bicyclic) bond motifs is 1. The van der Waals surface area contributed by atoms with Crippen molar-refractivity contribution in [3.05, 3.63) is 88.8 Å². The van der Waals surface area contributed by atoms with E-state index in [4.69, 9.17) is 0 Å². The third-order valence-electron chi connectivity index (χ3n) is 4.51. The second kappa shape index (κ2) is 6.48. The average molecular weight is 342 g/mol. The van der Waals surface area contributed by atoms with Crippen LogP contribution in [0.2, 0.25) is 0 Å². The lowest BCUT2D eigenvalue weighted by Gasteiger charge is -2.15. The van der Waals surface area contributed by atoms with Crippen LogP contribution in [0.5, 0.6) is 5.88 Å². The van der Waals surface area contributed by atoms with Crippen molar-refractivity contribution >= 4 is 10.8 Å². The summed E-state index contributed by atoms with van der Waals surface area (Å²) in [6, 6.07) is 22.5. The highest BCUT2D eigenvalue weighted by Crippen LogP contribution is 2.27. The fraction of sp³-hybridized carbons (Fsp3) is 0.0909. The third kappa shape index (κ3) is 2.65. The molecule has 2 aromatic carbocycles. The molecule has 4 heteroatoms. The van der Waals surface area contributed by atoms with Gasteiger partial charge in [0.2, 0.25) is 5.88 Å². The van der Waals surface area contributed by atoms with Crippen molar-refractivity contribution in [3.8, 4) is 22.8 Å². The van der Waals surface area contributed by atoms with Crippen molar-refractivity contribution in [3.63, 3.8) is 0 Å². The molecule has 0 aliphatic heterocycles. The summed E-state index contributed by atoms with van der Waals surface area (Å²) in [6.45, 7) is 2.04. The minimum atomic E-state index is -0.0775. The van der Waals surface area contributed by atoms with Gasteiger partial charge in [-0.25, -0.2) is 4.98 Å². The zero-order valence-corrected chi connectivity index (χ0v) is 14.4. The maximum absolute atomic E-state index is 13.5. The Morgan fingerprint density at radius 1 is 0.962 bits per heavy atom. The van der Waals surface area contributed by atoms with Crippen LogP contribution in [0.15, 0.2) is 77.6 Å². The molecule has 128 valence electrons. The van der Waals surface area contributed by atoms with E-state index in [9.17, 15) is 9.90 Å². The molecule has 0 saturated heterocycles. The summed E-state index contributed by atoms with van der Waals surface area (Å²) < 4.78 is 1.76. The predicted molar refractivity (Wildman–Crippen MR) is 104 cm³/mol. The SMILES string of the molecule is CCc1cc2cccc(-c3cccc(O)n3)c2c(=O)n1-c1ccccc1. The van der Waals surface area contributed by atoms with Crippen LogP contribution in [0.4, 0.5) is 0 Å². The highest BCUT2D eigenvalue weighted by Gasteiger charge is 2.14. The number of pyridine rings is 2. The van der Waals surface area contributed by atoms with Crippen LogP contribution < -0.4 is 5.56 Å². The van der Waals surface area contributed by atoms with Crippen molar-refractivity contribution < 1.29 is 5.11 Å². The van der Waals surface area contributed by atoms with Crippen molar-refractivity contribution in [1.82, 2.24) is 9.55 Å². The Morgan fingerprint density at radius 3 is 2.46 bits per heavy atom. The molecule has 0 fully saturated rings. The number of aryl methyl sites for hydroxylation is 1. The van der Waals surface area contributed by atoms with E-state index < -0.39 is 0 Å². The fourth-order valence-electron chi connectivity index (χ4n) is 3.32. The van der Waals surface area contributed by atoms with Gasteiger partial charge < -0.3 is 5.11 Å². The molecule has 0 saturated carbocycles. The molecule has 0 bridgehead atoms. The van der Waals surface area contributed by atoms with Gasteiger partial charge in [-0.15, -0.1) is 0 Å². The van der Waals surface area contributed by atoms with Crippen LogP contribution in [0.25, 0.3) is 27.7 Å². The average Bonchev–Trinajstić information content (AvgIpc) is 2.68. The fourth-order valence-corrected chi connectivity index (χ4v) is 3.32. The first-order valence-corrected chi connectivity index (χ1v) is 8.58. The predicted octanol–water partition coefficient (Wildman–Crippen LogP) is 4.32. The Hall–Kier alpha value is -3.40. The van der Waals surface area contributed by atoms with Crippen LogP contribution >= 0.6 is 0 Å². The molecular weight excluding hydrogens is 324 g/mol. The number of hydrogen-bond acceptors (Lipinski definition) is 3. The molecule has 4 rings (SSSR count). The normalized spacial score (nSPS) is 11.0. The number of aromatic nitrogens is 2. The van der Waals surface area contributed by atoms with Gasteiger partial charge in [-0.1, -0.05) is 49.4 Å². The van der Waals surface area contributed by atoms with Gasteiger partial charge in [0.1, 0.15) is 0 Å². The quantitative estimate of drug-likeness (QED) is 0.603. The van der Waals surface area contributed by atoms with Crippen LogP contribution in [-0.2, 0) is 6.42 Å². The Bertz CT molecular complexity index is 1150. The largest absolute Gasteiger partial charge is 0.493 e. The molecule has 0 unspecified atom stereocenters. The van der Waals surface area contributed by atoms with Gasteiger partial charge in [0.25, 0.3) is 5.56 Å². The summed E-state index contributed by atoms with van der Waals surface area (Å²) in [7, 11) is 0. The molecule has 26 heavy (non-hydrogen) atoms. The number of hydrogen-bond donors (Lipinski definition) is 1. The number of aromatic hydroxyl groups is 1. The second-order valence-electron chi connectivity index (χ2n) is 6.12. The lowest BCUT2D eigenvalue weighted by Crippen LogP contribution is -2.22. The summed E-state index contributed by atoms with van der Waals surface area (Å²) in [5, 5.41) is 11.2. The molecule has 0 atom stereocenters. The van der Waals surface area contributed by atoms with Crippen molar-refractivity contribution in [2.24, 2.45) is 0 Å². The minimum Gasteiger partial charge on any atom is -0.493 e. The molecule has 0 amide bonds. The van der Waals surface area contributed by atoms with Crippen molar-refractivity contribution in [1.29, 1.82) is 0 Å². The zero-order valence-electron chi connectivity index (χ0n) is 14.4. The van der Waals surface area contributed by atoms with Gasteiger partial charge in [-0.2, -0.15) is 0 Å². The lowest BCUT2D eigenvalue weighted by atomic mass is 10.0. The van der Waals surface area contributed by atoms with Crippen molar-refractivity contribution in [2.75, 3.05) is 0 Å². The summed E-state index contributed by atoms with van der Waals surface area (Å²) in [4.78, 5) is 17.6. The number of para-hydroxylation sites is 1. The highest BCUT2D eigenvalue weighted by atomic mass is 16.3. The highest BCUT2D eigenvalue weighted by molar-refractivity contribution is 5.95. The van der Waals surface area contributed by atoms with E-state index in [2.05, 4.69) is 11.1 Å². The third-order valence-corrected chi connectivity index (χ3v) is 4.51. The van der Waals surface area contributed by atoms with Crippen LogP contribution in [-0.4, -0.2) is 14.7 Å². The van der Waals surface area contributed by atoms with Crippen LogP contribution in [0.1, 0.15) is 12.6 Å². The van der Waals surface area contributed by atoms with Gasteiger partial charge in [0.15, 0.2) is 0 Å². The lowest BCUT2D eigenvalue weighted by molar-refractivity contribution is 0.454. The summed E-state index contributed by atoms with van der Waals surface area (Å²) in [5.41, 5.74) is 3.02. The zero-order chi connectivity index (χ0) is 18.1. The Kier molecular flexibility index (Phi) is 4.01. The molecular formula is C22H18N2O2. The molecule has 1 N–H and O–H groups in total. The van der Waals surface area contributed by atoms with E-state index in [1.54, 1.807) is 16.7 Å². The van der Waals surface area contributed by atoms with E-state index in [0.29, 0.717) is 11.1 Å². The van der Waals surface area contributed by atoms with E-state index in [1.807, 2.05) is 55.5 Å². The Labute approximate surface area is 151 Å². The van der Waals surface area contributed by atoms with Gasteiger partial charge in [-0.3, -0.25) is 9.36 Å². The molecule has 2 heterocycles. The van der Waals surface area contributed by atoms with E-state index in [-0.39, 0.29) is 11.4 Å². The first-order chi connectivity index (χ1) is 12.7. The first-order valence-electron chi connectivity index (χ1n) is 8.58. The molecule has 2 aromatic heterocycles. The maximum Gasteiger partial charge on any atom is 0.263 e. The molecule has 0 spiro atoms. The van der Waals surface area contributed by atoms with E-state index >= 15 is 0 Å². The maximum atomic E-state index is 13.5. The first kappa shape index (κ1) is 16.1. The van der Waals surface area contributed by atoms with Gasteiger partial charge >= 0.3 is 0 Å². The van der Waals surface area contributed by atoms with Gasteiger partial charge in [0.05, 0.1) is 11.1 Å². The molecule has 0 aliphatic rings. The number of benzene rings is 2. The van der Waals surface area contributed by atoms with Gasteiger partial charge in [0, 0.05) is 23.0 Å². The monoisotopic (exact) mass is 342 g/mol. The Morgan fingerprint density at radius 2 is 1.73 bits per heavy atom. The standard InChI is InChI=1S/C22H18N2O2/c1-2-16-14-15-8-6-11-18(19-12-7-13-20(25)23-19)21(15)22(26)24(16)17-9-4-3-5-10-17/h3-14H,2H2,1H3,(H,23,25). The summed E-state index contributed by atoms with van der Waals surface area (Å²) in [5.74, 6) is -0.0620.